The summed E-state index contributed by atoms with van der Waals surface area (Å²) < 4.78 is 0. The maximum Gasteiger partial charge on any atom is 0.480 e. The zero-order valence-electron chi connectivity index (χ0n) is 7.16. The highest BCUT2D eigenvalue weighted by Gasteiger charge is 1.96. The van der Waals surface area contributed by atoms with Crippen LogP contribution >= 0.6 is 0 Å². The summed E-state index contributed by atoms with van der Waals surface area (Å²) in [5.74, 6) is 1.41. The average molecular weight is 156 g/mol. The first-order valence-corrected chi connectivity index (χ1v) is 4.30. The van der Waals surface area contributed by atoms with E-state index in [2.05, 4.69) is 6.92 Å². The van der Waals surface area contributed by atoms with E-state index in [9.17, 15) is 0 Å². The summed E-state index contributed by atoms with van der Waals surface area (Å²) in [6.45, 7) is 2.17. The van der Waals surface area contributed by atoms with Crippen LogP contribution in [0.2, 0.25) is 0 Å². The third kappa shape index (κ3) is 9.72. The molecule has 0 radical (unpaired) electrons. The van der Waals surface area contributed by atoms with Gasteiger partial charge in [0.15, 0.2) is 0 Å². The maximum atomic E-state index is 8.42. The second-order valence-electron chi connectivity index (χ2n) is 2.69. The Kier molecular flexibility index (Phi) is 7.63. The van der Waals surface area contributed by atoms with E-state index >= 15 is 0 Å². The molecule has 11 heavy (non-hydrogen) atoms. The van der Waals surface area contributed by atoms with Crippen LogP contribution < -0.4 is 0 Å². The first-order valence-electron chi connectivity index (χ1n) is 4.30. The summed E-state index contributed by atoms with van der Waals surface area (Å²) in [5.41, 5.74) is 0. The van der Waals surface area contributed by atoms with Crippen molar-refractivity contribution in [1.82, 2.24) is 0 Å². The molecule has 0 aromatic carbocycles. The van der Waals surface area contributed by atoms with E-state index in [1.54, 1.807) is 0 Å². The molecule has 2 nitrogen and oxygen atoms in total. The molecule has 0 aliphatic rings. The SMILES string of the molecule is CCCCCCC=CB(O)O. The van der Waals surface area contributed by atoms with Crippen LogP contribution in [0.5, 0.6) is 0 Å². The van der Waals surface area contributed by atoms with Crippen molar-refractivity contribution in [2.45, 2.75) is 39.0 Å². The molecule has 0 saturated carbocycles. The van der Waals surface area contributed by atoms with E-state index in [0.717, 1.165) is 12.8 Å². The van der Waals surface area contributed by atoms with E-state index in [4.69, 9.17) is 10.0 Å². The van der Waals surface area contributed by atoms with Crippen molar-refractivity contribution in [3.8, 4) is 0 Å². The van der Waals surface area contributed by atoms with Crippen LogP contribution in [-0.2, 0) is 0 Å². The lowest BCUT2D eigenvalue weighted by atomic mass is 9.91. The highest BCUT2D eigenvalue weighted by molar-refractivity contribution is 6.47. The lowest BCUT2D eigenvalue weighted by Crippen LogP contribution is -2.05. The number of rotatable bonds is 6. The molecule has 0 heterocycles. The molecule has 0 saturated heterocycles. The molecule has 64 valence electrons. The molecule has 0 rings (SSSR count). The van der Waals surface area contributed by atoms with Gasteiger partial charge in [-0.3, -0.25) is 0 Å². The van der Waals surface area contributed by atoms with E-state index < -0.39 is 7.12 Å². The Balaban J connectivity index is 3.01. The molecule has 3 heteroatoms. The van der Waals surface area contributed by atoms with Crippen molar-refractivity contribution < 1.29 is 10.0 Å². The quantitative estimate of drug-likeness (QED) is 0.452. The number of hydrogen-bond donors (Lipinski definition) is 2. The summed E-state index contributed by atoms with van der Waals surface area (Å²) in [7, 11) is -1.28. The summed E-state index contributed by atoms with van der Waals surface area (Å²) in [5, 5.41) is 16.8. The minimum absolute atomic E-state index is 0.956. The first-order chi connectivity index (χ1) is 5.27. The van der Waals surface area contributed by atoms with Gasteiger partial charge >= 0.3 is 7.12 Å². The summed E-state index contributed by atoms with van der Waals surface area (Å²) in [6, 6.07) is 0. The monoisotopic (exact) mass is 156 g/mol. The Morgan fingerprint density at radius 2 is 1.91 bits per heavy atom. The van der Waals surface area contributed by atoms with Crippen LogP contribution in [-0.4, -0.2) is 17.2 Å². The average Bonchev–Trinajstić information content (AvgIpc) is 1.96. The second kappa shape index (κ2) is 7.83. The molecular weight excluding hydrogens is 139 g/mol. The van der Waals surface area contributed by atoms with Crippen molar-refractivity contribution in [3.05, 3.63) is 12.1 Å². The molecule has 0 aromatic heterocycles. The van der Waals surface area contributed by atoms with E-state index in [1.165, 1.54) is 25.2 Å². The first kappa shape index (κ1) is 10.7. The van der Waals surface area contributed by atoms with Gasteiger partial charge in [-0.15, -0.1) is 0 Å². The largest absolute Gasteiger partial charge is 0.480 e. The Morgan fingerprint density at radius 1 is 1.18 bits per heavy atom. The van der Waals surface area contributed by atoms with Crippen LogP contribution in [0.1, 0.15) is 39.0 Å². The third-order valence-electron chi connectivity index (χ3n) is 1.53. The van der Waals surface area contributed by atoms with Crippen LogP contribution in [0.4, 0.5) is 0 Å². The van der Waals surface area contributed by atoms with Crippen molar-refractivity contribution in [2.24, 2.45) is 0 Å². The van der Waals surface area contributed by atoms with Crippen molar-refractivity contribution >= 4 is 7.12 Å². The van der Waals surface area contributed by atoms with Gasteiger partial charge in [0.25, 0.3) is 0 Å². The van der Waals surface area contributed by atoms with Crippen LogP contribution in [0.25, 0.3) is 0 Å². The summed E-state index contributed by atoms with van der Waals surface area (Å²) in [4.78, 5) is 0. The normalized spacial score (nSPS) is 10.8. The smallest absolute Gasteiger partial charge is 0.424 e. The van der Waals surface area contributed by atoms with Gasteiger partial charge in [-0.2, -0.15) is 0 Å². The number of allylic oxidation sites excluding steroid dienone is 1. The van der Waals surface area contributed by atoms with Crippen molar-refractivity contribution in [3.63, 3.8) is 0 Å². The number of unbranched alkanes of at least 4 members (excludes halogenated alkanes) is 4. The van der Waals surface area contributed by atoms with Gasteiger partial charge in [-0.1, -0.05) is 38.2 Å². The van der Waals surface area contributed by atoms with Gasteiger partial charge in [-0.25, -0.2) is 0 Å². The van der Waals surface area contributed by atoms with E-state index in [1.807, 2.05) is 6.08 Å². The predicted molar refractivity (Wildman–Crippen MR) is 48.1 cm³/mol. The third-order valence-corrected chi connectivity index (χ3v) is 1.53. The van der Waals surface area contributed by atoms with Gasteiger partial charge in [-0.05, 0) is 12.8 Å². The minimum Gasteiger partial charge on any atom is -0.424 e. The lowest BCUT2D eigenvalue weighted by Gasteiger charge is -1.93. The fraction of sp³-hybridized carbons (Fsp3) is 0.750. The topological polar surface area (TPSA) is 40.5 Å². The van der Waals surface area contributed by atoms with Crippen LogP contribution in [0, 0.1) is 0 Å². The molecule has 0 aromatic rings. The molecule has 0 spiro atoms. The molecule has 0 fully saturated rings. The van der Waals surface area contributed by atoms with E-state index in [-0.39, 0.29) is 0 Å². The highest BCUT2D eigenvalue weighted by Crippen LogP contribution is 2.02. The molecule has 0 amide bonds. The van der Waals surface area contributed by atoms with Crippen molar-refractivity contribution in [1.29, 1.82) is 0 Å². The Hall–Kier alpha value is -0.275. The molecule has 0 unspecified atom stereocenters. The molecule has 0 bridgehead atoms. The minimum atomic E-state index is -1.28. The number of hydrogen-bond acceptors (Lipinski definition) is 2. The molecule has 0 atom stereocenters. The molecule has 2 N–H and O–H groups in total. The lowest BCUT2D eigenvalue weighted by molar-refractivity contribution is 0.424. The Labute approximate surface area is 69.1 Å². The Morgan fingerprint density at radius 3 is 2.45 bits per heavy atom. The predicted octanol–water partition coefficient (Wildman–Crippen LogP) is 1.52. The summed E-state index contributed by atoms with van der Waals surface area (Å²) in [6.07, 6.45) is 7.68. The van der Waals surface area contributed by atoms with Gasteiger partial charge in [0.1, 0.15) is 0 Å². The van der Waals surface area contributed by atoms with Gasteiger partial charge in [0.2, 0.25) is 0 Å². The van der Waals surface area contributed by atoms with E-state index in [0.29, 0.717) is 0 Å². The van der Waals surface area contributed by atoms with Gasteiger partial charge in [0, 0.05) is 0 Å². The van der Waals surface area contributed by atoms with Crippen LogP contribution in [0.3, 0.4) is 0 Å². The summed E-state index contributed by atoms with van der Waals surface area (Å²) >= 11 is 0. The second-order valence-corrected chi connectivity index (χ2v) is 2.69. The molecular formula is C8H17BO2. The highest BCUT2D eigenvalue weighted by atomic mass is 16.4. The van der Waals surface area contributed by atoms with Gasteiger partial charge < -0.3 is 10.0 Å². The fourth-order valence-corrected chi connectivity index (χ4v) is 0.907. The molecule has 0 aliphatic carbocycles. The van der Waals surface area contributed by atoms with Gasteiger partial charge in [0.05, 0.1) is 0 Å². The van der Waals surface area contributed by atoms with Crippen molar-refractivity contribution in [2.75, 3.05) is 0 Å². The standard InChI is InChI=1S/C8H17BO2/c1-2-3-4-5-6-7-8-9(10)11/h7-8,10-11H,2-6H2,1H3. The zero-order chi connectivity index (χ0) is 8.53. The zero-order valence-corrected chi connectivity index (χ0v) is 7.16. The maximum absolute atomic E-state index is 8.42. The van der Waals surface area contributed by atoms with Crippen LogP contribution in [0.15, 0.2) is 12.1 Å². The Bertz CT molecular complexity index is 102. The molecule has 0 aliphatic heterocycles. The fourth-order valence-electron chi connectivity index (χ4n) is 0.907.